The topological polar surface area (TPSA) is 92.3 Å². The van der Waals surface area contributed by atoms with Crippen LogP contribution in [0.5, 0.6) is 11.5 Å². The molecule has 0 unspecified atom stereocenters. The first kappa shape index (κ1) is 21.6. The van der Waals surface area contributed by atoms with Gasteiger partial charge >= 0.3 is 5.97 Å². The Labute approximate surface area is 187 Å². The maximum atomic E-state index is 13.4. The summed E-state index contributed by atoms with van der Waals surface area (Å²) in [6.45, 7) is 3.68. The van der Waals surface area contributed by atoms with Crippen molar-refractivity contribution in [1.29, 1.82) is 0 Å². The van der Waals surface area contributed by atoms with Crippen molar-refractivity contribution in [2.45, 2.75) is 19.9 Å². The Morgan fingerprint density at radius 2 is 2.03 bits per heavy atom. The van der Waals surface area contributed by atoms with Gasteiger partial charge in [-0.2, -0.15) is 0 Å². The zero-order valence-electron chi connectivity index (χ0n) is 18.1. The summed E-state index contributed by atoms with van der Waals surface area (Å²) in [5, 5.41) is 0. The number of aromatic nitrogens is 1. The number of fused-ring (bicyclic) bond motifs is 1. The average molecular weight is 455 g/mol. The number of hydrogen-bond donors (Lipinski definition) is 0. The summed E-state index contributed by atoms with van der Waals surface area (Å²) in [5.41, 5.74) is 1.19. The third-order valence-corrected chi connectivity index (χ3v) is 6.04. The van der Waals surface area contributed by atoms with Crippen LogP contribution in [-0.4, -0.2) is 31.4 Å². The maximum Gasteiger partial charge on any atom is 0.338 e. The van der Waals surface area contributed by atoms with Crippen molar-refractivity contribution in [3.63, 3.8) is 0 Å². The molecule has 1 atom stereocenters. The summed E-state index contributed by atoms with van der Waals surface area (Å²) in [7, 11) is 3.08. The molecule has 2 aromatic heterocycles. The average Bonchev–Trinajstić information content (AvgIpc) is 3.40. The number of furan rings is 1. The van der Waals surface area contributed by atoms with E-state index in [0.717, 1.165) is 0 Å². The lowest BCUT2D eigenvalue weighted by Crippen LogP contribution is -2.39. The Kier molecular flexibility index (Phi) is 6.00. The van der Waals surface area contributed by atoms with Crippen molar-refractivity contribution in [3.05, 3.63) is 78.9 Å². The minimum atomic E-state index is -0.733. The van der Waals surface area contributed by atoms with E-state index in [4.69, 9.17) is 18.6 Å². The lowest BCUT2D eigenvalue weighted by Gasteiger charge is -2.25. The predicted octanol–water partition coefficient (Wildman–Crippen LogP) is 2.41. The molecule has 1 aliphatic rings. The Hall–Kier alpha value is -3.59. The van der Waals surface area contributed by atoms with Crippen molar-refractivity contribution < 1.29 is 23.4 Å². The largest absolute Gasteiger partial charge is 0.493 e. The summed E-state index contributed by atoms with van der Waals surface area (Å²) < 4.78 is 23.4. The van der Waals surface area contributed by atoms with E-state index in [0.29, 0.717) is 43.4 Å². The number of thiazole rings is 1. The first-order valence-corrected chi connectivity index (χ1v) is 10.7. The van der Waals surface area contributed by atoms with Crippen molar-refractivity contribution in [2.75, 3.05) is 20.8 Å². The molecule has 0 aliphatic carbocycles. The van der Waals surface area contributed by atoms with E-state index in [1.807, 2.05) is 0 Å². The van der Waals surface area contributed by atoms with Crippen LogP contribution in [0.4, 0.5) is 0 Å². The fourth-order valence-electron chi connectivity index (χ4n) is 3.63. The zero-order valence-corrected chi connectivity index (χ0v) is 18.9. The van der Waals surface area contributed by atoms with Crippen LogP contribution >= 0.6 is 11.3 Å². The van der Waals surface area contributed by atoms with Gasteiger partial charge in [0.05, 0.1) is 48.9 Å². The third-order valence-electron chi connectivity index (χ3n) is 5.06. The molecule has 1 aromatic carbocycles. The highest BCUT2D eigenvalue weighted by molar-refractivity contribution is 7.07. The van der Waals surface area contributed by atoms with Gasteiger partial charge in [-0.15, -0.1) is 0 Å². The van der Waals surface area contributed by atoms with E-state index >= 15 is 0 Å². The van der Waals surface area contributed by atoms with Gasteiger partial charge in [0.25, 0.3) is 5.56 Å². The lowest BCUT2D eigenvalue weighted by molar-refractivity contribution is -0.139. The molecule has 4 rings (SSSR count). The summed E-state index contributed by atoms with van der Waals surface area (Å²) in [5.74, 6) is 1.06. The highest BCUT2D eigenvalue weighted by Crippen LogP contribution is 2.36. The SMILES string of the molecule is CCOC(=O)C1=C(C)N=c2s/c(=C/c3ccco3)c(=O)n2[C@H]1c1ccc(OC)c(OC)c1. The van der Waals surface area contributed by atoms with Crippen molar-refractivity contribution >= 4 is 23.4 Å². The van der Waals surface area contributed by atoms with Crippen LogP contribution in [0, 0.1) is 0 Å². The Morgan fingerprint density at radius 1 is 1.25 bits per heavy atom. The van der Waals surface area contributed by atoms with Gasteiger partial charge in [-0.1, -0.05) is 17.4 Å². The van der Waals surface area contributed by atoms with Crippen LogP contribution in [0.3, 0.4) is 0 Å². The molecule has 0 radical (unpaired) electrons. The molecular formula is C23H22N2O6S. The highest BCUT2D eigenvalue weighted by atomic mass is 32.1. The number of benzene rings is 1. The molecule has 3 heterocycles. The summed E-state index contributed by atoms with van der Waals surface area (Å²) >= 11 is 1.23. The zero-order chi connectivity index (χ0) is 22.8. The van der Waals surface area contributed by atoms with E-state index in [2.05, 4.69) is 4.99 Å². The fraction of sp³-hybridized carbons (Fsp3) is 0.261. The van der Waals surface area contributed by atoms with Crippen LogP contribution in [0.15, 0.2) is 62.1 Å². The number of esters is 1. The molecule has 0 N–H and O–H groups in total. The molecule has 9 heteroatoms. The van der Waals surface area contributed by atoms with E-state index < -0.39 is 12.0 Å². The number of carbonyl (C=O) groups is 1. The second-order valence-electron chi connectivity index (χ2n) is 6.93. The summed E-state index contributed by atoms with van der Waals surface area (Å²) in [4.78, 5) is 31.4. The second-order valence-corrected chi connectivity index (χ2v) is 7.94. The Bertz CT molecular complexity index is 1360. The number of rotatable bonds is 6. The summed E-state index contributed by atoms with van der Waals surface area (Å²) in [6, 6.07) is 8.07. The van der Waals surface area contributed by atoms with E-state index in [1.165, 1.54) is 23.0 Å². The molecule has 32 heavy (non-hydrogen) atoms. The summed E-state index contributed by atoms with van der Waals surface area (Å²) in [6.07, 6.45) is 3.21. The van der Waals surface area contributed by atoms with Crippen LogP contribution in [0.1, 0.15) is 31.2 Å². The number of carbonyl (C=O) groups excluding carboxylic acids is 1. The second kappa shape index (κ2) is 8.88. The van der Waals surface area contributed by atoms with Crippen molar-refractivity contribution in [3.8, 4) is 11.5 Å². The quantitative estimate of drug-likeness (QED) is 0.531. The third kappa shape index (κ3) is 3.75. The van der Waals surface area contributed by atoms with Gasteiger partial charge in [0, 0.05) is 6.08 Å². The fourth-order valence-corrected chi connectivity index (χ4v) is 4.66. The monoisotopic (exact) mass is 454 g/mol. The normalized spacial score (nSPS) is 15.9. The smallest absolute Gasteiger partial charge is 0.338 e. The van der Waals surface area contributed by atoms with Gasteiger partial charge in [-0.3, -0.25) is 9.36 Å². The van der Waals surface area contributed by atoms with E-state index in [-0.39, 0.29) is 12.2 Å². The Balaban J connectivity index is 1.98. The lowest BCUT2D eigenvalue weighted by atomic mass is 9.95. The van der Waals surface area contributed by atoms with E-state index in [9.17, 15) is 9.59 Å². The van der Waals surface area contributed by atoms with Gasteiger partial charge in [-0.25, -0.2) is 9.79 Å². The minimum absolute atomic E-state index is 0.206. The van der Waals surface area contributed by atoms with Gasteiger partial charge < -0.3 is 18.6 Å². The minimum Gasteiger partial charge on any atom is -0.493 e. The molecule has 0 spiro atoms. The van der Waals surface area contributed by atoms with E-state index in [1.54, 1.807) is 63.6 Å². The number of nitrogens with zero attached hydrogens (tertiary/aromatic N) is 2. The number of allylic oxidation sites excluding steroid dienone is 1. The van der Waals surface area contributed by atoms with Gasteiger partial charge in [0.15, 0.2) is 16.3 Å². The molecule has 0 amide bonds. The van der Waals surface area contributed by atoms with Gasteiger partial charge in [-0.05, 0) is 43.7 Å². The molecule has 1 aliphatic heterocycles. The molecule has 0 saturated heterocycles. The Morgan fingerprint density at radius 3 is 2.69 bits per heavy atom. The van der Waals surface area contributed by atoms with Crippen molar-refractivity contribution in [1.82, 2.24) is 4.57 Å². The molecule has 3 aromatic rings. The number of ether oxygens (including phenoxy) is 3. The predicted molar refractivity (Wildman–Crippen MR) is 119 cm³/mol. The maximum absolute atomic E-state index is 13.4. The molecule has 0 saturated carbocycles. The van der Waals surface area contributed by atoms with Crippen LogP contribution in [0.2, 0.25) is 0 Å². The number of methoxy groups -OCH3 is 2. The first-order valence-electron chi connectivity index (χ1n) is 9.93. The molecule has 0 fully saturated rings. The molecule has 8 nitrogen and oxygen atoms in total. The molecular weight excluding hydrogens is 432 g/mol. The molecule has 166 valence electrons. The number of hydrogen-bond acceptors (Lipinski definition) is 8. The molecule has 0 bridgehead atoms. The van der Waals surface area contributed by atoms with Crippen LogP contribution < -0.4 is 24.4 Å². The van der Waals surface area contributed by atoms with Crippen LogP contribution in [0.25, 0.3) is 6.08 Å². The standard InChI is InChI=1S/C23H22N2O6S/c1-5-30-22(27)19-13(2)24-23-25(21(26)18(32-23)12-15-7-6-10-31-15)20(19)14-8-9-16(28-3)17(11-14)29-4/h6-12,20H,5H2,1-4H3/b18-12+/t20-/m0/s1. The highest BCUT2D eigenvalue weighted by Gasteiger charge is 2.33. The van der Waals surface area contributed by atoms with Crippen molar-refractivity contribution in [2.24, 2.45) is 4.99 Å². The van der Waals surface area contributed by atoms with Gasteiger partial charge in [0.2, 0.25) is 0 Å². The first-order chi connectivity index (χ1) is 15.5. The van der Waals surface area contributed by atoms with Gasteiger partial charge in [0.1, 0.15) is 5.76 Å². The van der Waals surface area contributed by atoms with Crippen LogP contribution in [-0.2, 0) is 9.53 Å².